The van der Waals surface area contributed by atoms with Gasteiger partial charge in [-0.1, -0.05) is 75.5 Å². The second-order valence-electron chi connectivity index (χ2n) is 11.0. The SMILES string of the molecule is C=CC(=O)OC(COC(=O)C(=C)C)COc1ccc2c(c1)C(C)(C)c1cc(N(c3ccccc3)c3ccccc3)ccc1-2. The third kappa shape index (κ3) is 6.24. The maximum Gasteiger partial charge on any atom is 0.333 e. The predicted molar refractivity (Wildman–Crippen MR) is 170 cm³/mol. The first-order chi connectivity index (χ1) is 20.7. The Hall–Kier alpha value is -5.10. The summed E-state index contributed by atoms with van der Waals surface area (Å²) in [6.07, 6.45) is 0.255. The Balaban J connectivity index is 1.41. The number of hydrogen-bond acceptors (Lipinski definition) is 6. The van der Waals surface area contributed by atoms with Gasteiger partial charge in [-0.05, 0) is 77.7 Å². The van der Waals surface area contributed by atoms with E-state index in [0.29, 0.717) is 5.75 Å². The molecule has 6 nitrogen and oxygen atoms in total. The first kappa shape index (κ1) is 29.4. The number of ether oxygens (including phenoxy) is 3. The summed E-state index contributed by atoms with van der Waals surface area (Å²) >= 11 is 0. The molecular formula is C37H35NO5. The van der Waals surface area contributed by atoms with Gasteiger partial charge in [0.25, 0.3) is 0 Å². The first-order valence-corrected chi connectivity index (χ1v) is 14.2. The molecule has 0 radical (unpaired) electrons. The number of anilines is 3. The minimum absolute atomic E-state index is 0.00245. The molecule has 0 N–H and O–H groups in total. The summed E-state index contributed by atoms with van der Waals surface area (Å²) in [5.74, 6) is -0.559. The Morgan fingerprint density at radius 2 is 1.40 bits per heavy atom. The topological polar surface area (TPSA) is 65.1 Å². The van der Waals surface area contributed by atoms with Crippen LogP contribution in [0.25, 0.3) is 11.1 Å². The van der Waals surface area contributed by atoms with Crippen LogP contribution in [-0.2, 0) is 24.5 Å². The minimum atomic E-state index is -0.809. The van der Waals surface area contributed by atoms with Gasteiger partial charge in [0.15, 0.2) is 6.10 Å². The average molecular weight is 574 g/mol. The van der Waals surface area contributed by atoms with Crippen molar-refractivity contribution in [1.29, 1.82) is 0 Å². The van der Waals surface area contributed by atoms with Crippen LogP contribution in [0, 0.1) is 0 Å². The highest BCUT2D eigenvalue weighted by molar-refractivity contribution is 5.87. The van der Waals surface area contributed by atoms with Crippen molar-refractivity contribution in [3.8, 4) is 16.9 Å². The Labute approximate surface area is 252 Å². The Morgan fingerprint density at radius 3 is 1.98 bits per heavy atom. The van der Waals surface area contributed by atoms with Crippen LogP contribution in [0.1, 0.15) is 31.9 Å². The molecule has 0 fully saturated rings. The van der Waals surface area contributed by atoms with Crippen LogP contribution in [-0.4, -0.2) is 31.3 Å². The fraction of sp³-hybridized carbons (Fsp3) is 0.189. The molecule has 0 saturated heterocycles. The first-order valence-electron chi connectivity index (χ1n) is 14.2. The molecule has 0 heterocycles. The number of esters is 2. The quantitative estimate of drug-likeness (QED) is 0.134. The number of benzene rings is 4. The largest absolute Gasteiger partial charge is 0.490 e. The monoisotopic (exact) mass is 573 g/mol. The molecule has 1 aliphatic carbocycles. The van der Waals surface area contributed by atoms with Gasteiger partial charge in [-0.2, -0.15) is 0 Å². The predicted octanol–water partition coefficient (Wildman–Crippen LogP) is 8.06. The molecule has 6 heteroatoms. The van der Waals surface area contributed by atoms with E-state index in [4.69, 9.17) is 14.2 Å². The number of para-hydroxylation sites is 2. The van der Waals surface area contributed by atoms with Crippen molar-refractivity contribution in [3.05, 3.63) is 133 Å². The second kappa shape index (κ2) is 12.4. The second-order valence-corrected chi connectivity index (χ2v) is 11.0. The molecule has 0 aliphatic heterocycles. The van der Waals surface area contributed by atoms with E-state index in [9.17, 15) is 9.59 Å². The summed E-state index contributed by atoms with van der Waals surface area (Å²) in [4.78, 5) is 26.0. The molecule has 0 aromatic heterocycles. The van der Waals surface area contributed by atoms with Gasteiger partial charge in [0, 0.05) is 34.1 Å². The molecule has 0 bridgehead atoms. The van der Waals surface area contributed by atoms with Crippen molar-refractivity contribution in [2.75, 3.05) is 18.1 Å². The molecule has 0 saturated carbocycles. The van der Waals surface area contributed by atoms with Crippen LogP contribution in [0.5, 0.6) is 5.75 Å². The van der Waals surface area contributed by atoms with E-state index in [1.807, 2.05) is 48.5 Å². The van der Waals surface area contributed by atoms with Crippen LogP contribution in [0.15, 0.2) is 122 Å². The Morgan fingerprint density at radius 1 is 0.814 bits per heavy atom. The van der Waals surface area contributed by atoms with Crippen molar-refractivity contribution >= 4 is 29.0 Å². The molecule has 43 heavy (non-hydrogen) atoms. The summed E-state index contributed by atoms with van der Waals surface area (Å²) in [5, 5.41) is 0. The molecule has 4 aromatic rings. The van der Waals surface area contributed by atoms with Gasteiger partial charge >= 0.3 is 11.9 Å². The lowest BCUT2D eigenvalue weighted by Crippen LogP contribution is -2.30. The highest BCUT2D eigenvalue weighted by Gasteiger charge is 2.36. The molecule has 1 atom stereocenters. The van der Waals surface area contributed by atoms with Crippen LogP contribution in [0.2, 0.25) is 0 Å². The molecule has 218 valence electrons. The molecule has 5 rings (SSSR count). The van der Waals surface area contributed by atoms with E-state index >= 15 is 0 Å². The average Bonchev–Trinajstić information content (AvgIpc) is 3.24. The fourth-order valence-corrected chi connectivity index (χ4v) is 5.34. The fourth-order valence-electron chi connectivity index (χ4n) is 5.34. The van der Waals surface area contributed by atoms with E-state index < -0.39 is 18.0 Å². The zero-order chi connectivity index (χ0) is 30.6. The van der Waals surface area contributed by atoms with Crippen LogP contribution < -0.4 is 9.64 Å². The van der Waals surface area contributed by atoms with Gasteiger partial charge in [-0.25, -0.2) is 9.59 Å². The van der Waals surface area contributed by atoms with Gasteiger partial charge < -0.3 is 19.1 Å². The summed E-state index contributed by atoms with van der Waals surface area (Å²) in [5.41, 5.74) is 7.88. The van der Waals surface area contributed by atoms with E-state index in [2.05, 4.69) is 80.4 Å². The standard InChI is InChI=1S/C37H35NO5/c1-6-35(39)43-30(24-42-36(40)25(2)3)23-41-29-18-20-32-31-19-17-28(21-33(31)37(4,5)34(32)22-29)38(26-13-9-7-10-14-26)27-15-11-8-12-16-27/h6-22,30H,1-2,23-24H2,3-5H3. The van der Waals surface area contributed by atoms with Crippen molar-refractivity contribution < 1.29 is 23.8 Å². The van der Waals surface area contributed by atoms with Crippen molar-refractivity contribution in [1.82, 2.24) is 0 Å². The lowest BCUT2D eigenvalue weighted by Gasteiger charge is -2.28. The van der Waals surface area contributed by atoms with Crippen LogP contribution >= 0.6 is 0 Å². The Bertz CT molecular complexity index is 1620. The van der Waals surface area contributed by atoms with Crippen molar-refractivity contribution in [2.24, 2.45) is 0 Å². The van der Waals surface area contributed by atoms with Gasteiger partial charge in [0.1, 0.15) is 19.0 Å². The van der Waals surface area contributed by atoms with E-state index in [0.717, 1.165) is 34.3 Å². The highest BCUT2D eigenvalue weighted by Crippen LogP contribution is 2.51. The summed E-state index contributed by atoms with van der Waals surface area (Å²) in [7, 11) is 0. The van der Waals surface area contributed by atoms with Gasteiger partial charge in [-0.3, -0.25) is 0 Å². The van der Waals surface area contributed by atoms with E-state index in [1.165, 1.54) is 11.1 Å². The summed E-state index contributed by atoms with van der Waals surface area (Å²) in [6.45, 7) is 12.8. The number of carbonyl (C=O) groups excluding carboxylic acids is 2. The lowest BCUT2D eigenvalue weighted by molar-refractivity contribution is -0.154. The number of rotatable bonds is 11. The van der Waals surface area contributed by atoms with Gasteiger partial charge in [-0.15, -0.1) is 0 Å². The highest BCUT2D eigenvalue weighted by atomic mass is 16.6. The summed E-state index contributed by atoms with van der Waals surface area (Å²) < 4.78 is 16.6. The zero-order valence-electron chi connectivity index (χ0n) is 24.7. The number of fused-ring (bicyclic) bond motifs is 3. The van der Waals surface area contributed by atoms with Gasteiger partial charge in [0.2, 0.25) is 0 Å². The smallest absolute Gasteiger partial charge is 0.333 e. The van der Waals surface area contributed by atoms with E-state index in [-0.39, 0.29) is 24.2 Å². The molecule has 1 unspecified atom stereocenters. The van der Waals surface area contributed by atoms with Crippen molar-refractivity contribution in [2.45, 2.75) is 32.3 Å². The van der Waals surface area contributed by atoms with E-state index in [1.54, 1.807) is 6.92 Å². The van der Waals surface area contributed by atoms with Crippen LogP contribution in [0.4, 0.5) is 17.1 Å². The third-order valence-corrected chi connectivity index (χ3v) is 7.55. The third-order valence-electron chi connectivity index (χ3n) is 7.55. The maximum absolute atomic E-state index is 11.9. The number of nitrogens with zero attached hydrogens (tertiary/aromatic N) is 1. The normalized spacial score (nSPS) is 13.2. The molecular weight excluding hydrogens is 538 g/mol. The maximum atomic E-state index is 11.9. The Kier molecular flexibility index (Phi) is 8.48. The lowest BCUT2D eigenvalue weighted by atomic mass is 9.82. The molecule has 4 aromatic carbocycles. The number of carbonyl (C=O) groups is 2. The van der Waals surface area contributed by atoms with Crippen LogP contribution in [0.3, 0.4) is 0 Å². The number of hydrogen-bond donors (Lipinski definition) is 0. The zero-order valence-corrected chi connectivity index (χ0v) is 24.7. The molecule has 0 spiro atoms. The van der Waals surface area contributed by atoms with Crippen molar-refractivity contribution in [3.63, 3.8) is 0 Å². The molecule has 1 aliphatic rings. The molecule has 0 amide bonds. The van der Waals surface area contributed by atoms with Gasteiger partial charge in [0.05, 0.1) is 0 Å². The summed E-state index contributed by atoms with van der Waals surface area (Å²) in [6, 6.07) is 33.3. The minimum Gasteiger partial charge on any atom is -0.490 e.